The average molecular weight is 221 g/mol. The normalized spacial score (nSPS) is 19.1. The predicted octanol–water partition coefficient (Wildman–Crippen LogP) is 2.57. The third kappa shape index (κ3) is 2.64. The molecule has 1 aliphatic rings. The van der Waals surface area contributed by atoms with Crippen molar-refractivity contribution in [3.8, 4) is 0 Å². The first kappa shape index (κ1) is 11.6. The Labute approximate surface area is 98.2 Å². The second kappa shape index (κ2) is 5.48. The summed E-state index contributed by atoms with van der Waals surface area (Å²) in [5.74, 6) is 0.887. The Morgan fingerprint density at radius 3 is 2.94 bits per heavy atom. The highest BCUT2D eigenvalue weighted by Gasteiger charge is 2.21. The molecular formula is C13H23N3. The Morgan fingerprint density at radius 1 is 1.50 bits per heavy atom. The SMILES string of the molecule is CCn1nccc1CNC(C)C1CCCC1. The molecule has 2 rings (SSSR count). The fraction of sp³-hybridized carbons (Fsp3) is 0.769. The molecule has 1 N–H and O–H groups in total. The fourth-order valence-corrected chi connectivity index (χ4v) is 2.68. The lowest BCUT2D eigenvalue weighted by Crippen LogP contribution is -2.32. The van der Waals surface area contributed by atoms with Crippen molar-refractivity contribution in [2.75, 3.05) is 0 Å². The number of aromatic nitrogens is 2. The fourth-order valence-electron chi connectivity index (χ4n) is 2.68. The van der Waals surface area contributed by atoms with Gasteiger partial charge in [-0.3, -0.25) is 4.68 Å². The maximum Gasteiger partial charge on any atom is 0.0522 e. The predicted molar refractivity (Wildman–Crippen MR) is 66.2 cm³/mol. The van der Waals surface area contributed by atoms with Crippen molar-refractivity contribution in [2.45, 2.75) is 58.7 Å². The highest BCUT2D eigenvalue weighted by atomic mass is 15.3. The van der Waals surface area contributed by atoms with Crippen LogP contribution in [0.4, 0.5) is 0 Å². The molecule has 3 heteroatoms. The first-order valence-electron chi connectivity index (χ1n) is 6.55. The van der Waals surface area contributed by atoms with Crippen LogP contribution in [0.2, 0.25) is 0 Å². The van der Waals surface area contributed by atoms with Gasteiger partial charge in [0.1, 0.15) is 0 Å². The number of hydrogen-bond donors (Lipinski definition) is 1. The topological polar surface area (TPSA) is 29.9 Å². The average Bonchev–Trinajstić information content (AvgIpc) is 2.96. The van der Waals surface area contributed by atoms with Crippen LogP contribution in [-0.4, -0.2) is 15.8 Å². The lowest BCUT2D eigenvalue weighted by molar-refractivity contribution is 0.375. The number of hydrogen-bond acceptors (Lipinski definition) is 2. The minimum absolute atomic E-state index is 0.641. The van der Waals surface area contributed by atoms with Gasteiger partial charge in [0.05, 0.1) is 5.69 Å². The quantitative estimate of drug-likeness (QED) is 0.828. The van der Waals surface area contributed by atoms with Gasteiger partial charge in [-0.1, -0.05) is 12.8 Å². The van der Waals surface area contributed by atoms with Crippen LogP contribution in [0.1, 0.15) is 45.2 Å². The Balaban J connectivity index is 1.82. The molecule has 0 aliphatic heterocycles. The molecule has 0 amide bonds. The lowest BCUT2D eigenvalue weighted by Gasteiger charge is -2.20. The second-order valence-corrected chi connectivity index (χ2v) is 4.85. The van der Waals surface area contributed by atoms with E-state index in [9.17, 15) is 0 Å². The number of nitrogens with one attached hydrogen (secondary N) is 1. The van der Waals surface area contributed by atoms with Crippen molar-refractivity contribution in [2.24, 2.45) is 5.92 Å². The van der Waals surface area contributed by atoms with Crippen LogP contribution in [0.3, 0.4) is 0 Å². The van der Waals surface area contributed by atoms with Crippen molar-refractivity contribution in [1.82, 2.24) is 15.1 Å². The Hall–Kier alpha value is -0.830. The highest BCUT2D eigenvalue weighted by molar-refractivity contribution is 5.00. The third-order valence-electron chi connectivity index (χ3n) is 3.82. The van der Waals surface area contributed by atoms with E-state index in [2.05, 4.69) is 35.0 Å². The molecule has 1 aromatic heterocycles. The monoisotopic (exact) mass is 221 g/mol. The molecule has 0 radical (unpaired) electrons. The molecule has 1 aromatic rings. The van der Waals surface area contributed by atoms with E-state index in [1.165, 1.54) is 31.4 Å². The van der Waals surface area contributed by atoms with Crippen molar-refractivity contribution in [3.63, 3.8) is 0 Å². The van der Waals surface area contributed by atoms with Crippen LogP contribution in [0.15, 0.2) is 12.3 Å². The van der Waals surface area contributed by atoms with Crippen molar-refractivity contribution in [3.05, 3.63) is 18.0 Å². The van der Waals surface area contributed by atoms with Gasteiger partial charge >= 0.3 is 0 Å². The molecule has 16 heavy (non-hydrogen) atoms. The van der Waals surface area contributed by atoms with Gasteiger partial charge in [0.2, 0.25) is 0 Å². The number of rotatable bonds is 5. The molecule has 1 heterocycles. The molecular weight excluding hydrogens is 198 g/mol. The molecule has 1 unspecified atom stereocenters. The maximum absolute atomic E-state index is 4.29. The van der Waals surface area contributed by atoms with E-state index in [1.807, 2.05) is 6.20 Å². The summed E-state index contributed by atoms with van der Waals surface area (Å²) in [6.07, 6.45) is 7.54. The van der Waals surface area contributed by atoms with Crippen LogP contribution in [-0.2, 0) is 13.1 Å². The zero-order valence-corrected chi connectivity index (χ0v) is 10.4. The maximum atomic E-state index is 4.29. The van der Waals surface area contributed by atoms with Gasteiger partial charge in [0, 0.05) is 25.3 Å². The summed E-state index contributed by atoms with van der Waals surface area (Å²) in [5, 5.41) is 7.93. The summed E-state index contributed by atoms with van der Waals surface area (Å²) < 4.78 is 2.06. The summed E-state index contributed by atoms with van der Waals surface area (Å²) in [4.78, 5) is 0. The number of nitrogens with zero attached hydrogens (tertiary/aromatic N) is 2. The zero-order valence-electron chi connectivity index (χ0n) is 10.4. The van der Waals surface area contributed by atoms with Crippen molar-refractivity contribution in [1.29, 1.82) is 0 Å². The molecule has 1 aliphatic carbocycles. The van der Waals surface area contributed by atoms with Crippen LogP contribution >= 0.6 is 0 Å². The first-order valence-corrected chi connectivity index (χ1v) is 6.55. The minimum Gasteiger partial charge on any atom is -0.308 e. The van der Waals surface area contributed by atoms with Gasteiger partial charge in [-0.05, 0) is 38.7 Å². The number of aryl methyl sites for hydroxylation is 1. The minimum atomic E-state index is 0.641. The van der Waals surface area contributed by atoms with E-state index in [1.54, 1.807) is 0 Å². The van der Waals surface area contributed by atoms with Gasteiger partial charge < -0.3 is 5.32 Å². The van der Waals surface area contributed by atoms with E-state index in [-0.39, 0.29) is 0 Å². The smallest absolute Gasteiger partial charge is 0.0522 e. The Bertz CT molecular complexity index is 313. The lowest BCUT2D eigenvalue weighted by atomic mass is 10.00. The molecule has 3 nitrogen and oxygen atoms in total. The summed E-state index contributed by atoms with van der Waals surface area (Å²) in [5.41, 5.74) is 1.30. The van der Waals surface area contributed by atoms with Gasteiger partial charge in [-0.15, -0.1) is 0 Å². The van der Waals surface area contributed by atoms with E-state index in [4.69, 9.17) is 0 Å². The van der Waals surface area contributed by atoms with Crippen LogP contribution in [0.25, 0.3) is 0 Å². The van der Waals surface area contributed by atoms with E-state index in [0.29, 0.717) is 6.04 Å². The molecule has 1 fully saturated rings. The molecule has 0 aromatic carbocycles. The molecule has 1 saturated carbocycles. The van der Waals surface area contributed by atoms with Crippen LogP contribution in [0, 0.1) is 5.92 Å². The summed E-state index contributed by atoms with van der Waals surface area (Å²) in [6, 6.07) is 2.75. The Morgan fingerprint density at radius 2 is 2.25 bits per heavy atom. The summed E-state index contributed by atoms with van der Waals surface area (Å²) in [7, 11) is 0. The standard InChI is InChI=1S/C13H23N3/c1-3-16-13(8-9-15-16)10-14-11(2)12-6-4-5-7-12/h8-9,11-12,14H,3-7,10H2,1-2H3. The van der Waals surface area contributed by atoms with Gasteiger partial charge in [-0.25, -0.2) is 0 Å². The van der Waals surface area contributed by atoms with Gasteiger partial charge in [0.15, 0.2) is 0 Å². The largest absolute Gasteiger partial charge is 0.308 e. The molecule has 0 bridgehead atoms. The van der Waals surface area contributed by atoms with E-state index >= 15 is 0 Å². The van der Waals surface area contributed by atoms with Crippen LogP contribution in [0.5, 0.6) is 0 Å². The molecule has 0 spiro atoms. The van der Waals surface area contributed by atoms with E-state index < -0.39 is 0 Å². The van der Waals surface area contributed by atoms with Crippen molar-refractivity contribution >= 4 is 0 Å². The summed E-state index contributed by atoms with van der Waals surface area (Å²) in [6.45, 7) is 6.37. The third-order valence-corrected chi connectivity index (χ3v) is 3.82. The second-order valence-electron chi connectivity index (χ2n) is 4.85. The Kier molecular flexibility index (Phi) is 3.99. The van der Waals surface area contributed by atoms with Gasteiger partial charge in [-0.2, -0.15) is 5.10 Å². The van der Waals surface area contributed by atoms with Crippen molar-refractivity contribution < 1.29 is 0 Å². The first-order chi connectivity index (χ1) is 7.81. The van der Waals surface area contributed by atoms with Crippen LogP contribution < -0.4 is 5.32 Å². The van der Waals surface area contributed by atoms with E-state index in [0.717, 1.165) is 19.0 Å². The highest BCUT2D eigenvalue weighted by Crippen LogP contribution is 2.27. The van der Waals surface area contributed by atoms with Gasteiger partial charge in [0.25, 0.3) is 0 Å². The molecule has 0 saturated heterocycles. The molecule has 1 atom stereocenters. The molecule has 90 valence electrons. The summed E-state index contributed by atoms with van der Waals surface area (Å²) >= 11 is 0. The zero-order chi connectivity index (χ0) is 11.4.